The van der Waals surface area contributed by atoms with Crippen LogP contribution in [0.1, 0.15) is 110 Å². The maximum atomic E-state index is 13.5. The van der Waals surface area contributed by atoms with E-state index in [9.17, 15) is 43.2 Å². The number of hydrogen-bond acceptors (Lipinski definition) is 11. The highest BCUT2D eigenvalue weighted by Crippen LogP contribution is 2.71. The summed E-state index contributed by atoms with van der Waals surface area (Å²) < 4.78 is 7.46. The predicted octanol–water partition coefficient (Wildman–Crippen LogP) is 6.76. The van der Waals surface area contributed by atoms with Crippen LogP contribution in [0.5, 0.6) is 0 Å². The molecule has 0 fully saturated rings. The fraction of sp³-hybridized carbons (Fsp3) is 0.344. The number of nitrogens with zero attached hydrogens (tertiary/aromatic N) is 7. The monoisotopic (exact) mass is 1250 g/mol. The number of aromatic nitrogens is 6. The molecule has 25 nitrogen and oxygen atoms in total. The van der Waals surface area contributed by atoms with E-state index in [1.165, 1.54) is 65.5 Å². The van der Waals surface area contributed by atoms with Crippen molar-refractivity contribution in [1.29, 1.82) is 0 Å². The van der Waals surface area contributed by atoms with Gasteiger partial charge >= 0.3 is 6.03 Å². The summed E-state index contributed by atoms with van der Waals surface area (Å²) in [5.41, 5.74) is 2.44. The van der Waals surface area contributed by atoms with Gasteiger partial charge in [-0.05, 0) is 107 Å². The van der Waals surface area contributed by atoms with Crippen molar-refractivity contribution in [2.75, 3.05) is 73.0 Å². The smallest absolute Gasteiger partial charge is 0.321 e. The van der Waals surface area contributed by atoms with Crippen molar-refractivity contribution in [3.63, 3.8) is 0 Å². The van der Waals surface area contributed by atoms with Gasteiger partial charge in [-0.25, -0.2) is 9.78 Å². The van der Waals surface area contributed by atoms with E-state index in [0.717, 1.165) is 44.8 Å². The average molecular weight is 1250 g/mol. The number of urea groups is 1. The molecule has 5 aromatic heterocycles. The number of amides is 10. The van der Waals surface area contributed by atoms with Crippen LogP contribution in [0.15, 0.2) is 133 Å². The molecule has 90 heavy (non-hydrogen) atoms. The predicted molar refractivity (Wildman–Crippen MR) is 349 cm³/mol. The molecule has 2 unspecified atom stereocenters. The standard InChI is InChI=1S/C64H79N16O9P/c1-75(2)32-19-29-67-64(89)74-62(87)53-37-46(41-79(53)6)71-60(85)51-35-44(39-77(51)4)69-57(83)28-31-66-63(88)58-72-54(42-80(58)7)73-61(86)52-36-45(40-78(52)5)70-59(84)50-34-43(38-76(50)3)68-56(82)27-30-65-55(81)26-17-18-33-90(47-20-11-8-12-21-47,48-22-13-9-14-23-48)49-24-15-10-16-25-49/h8-9,11-15,20-22,24-25,34-42,48H,10,16-19,23,26-33H2,1-7H3,(H8-,65,66,67,68,69,70,71,73,74,81,82,83,84,85,86,87,88,89)/p+1. The van der Waals surface area contributed by atoms with Crippen LogP contribution in [0, 0.1) is 0 Å². The number of aryl methyl sites for hydroxylation is 5. The third-order valence-corrected chi connectivity index (χ3v) is 20.3. The highest BCUT2D eigenvalue weighted by Gasteiger charge is 2.49. The van der Waals surface area contributed by atoms with Crippen molar-refractivity contribution in [2.24, 2.45) is 35.2 Å². The zero-order chi connectivity index (χ0) is 64.5. The Morgan fingerprint density at radius 1 is 0.544 bits per heavy atom. The molecule has 2 aliphatic rings. The Morgan fingerprint density at radius 2 is 1.10 bits per heavy atom. The second kappa shape index (κ2) is 30.8. The number of allylic oxidation sites excluding steroid dienone is 8. The lowest BCUT2D eigenvalue weighted by molar-refractivity contribution is -0.121. The van der Waals surface area contributed by atoms with Gasteiger partial charge in [-0.3, -0.25) is 43.7 Å². The van der Waals surface area contributed by atoms with E-state index in [-0.39, 0.29) is 72.2 Å². The number of imidazole rings is 1. The van der Waals surface area contributed by atoms with Gasteiger partial charge in [0.15, 0.2) is 5.82 Å². The van der Waals surface area contributed by atoms with E-state index < -0.39 is 48.7 Å². The Hall–Kier alpha value is -9.87. The lowest BCUT2D eigenvalue weighted by Gasteiger charge is -2.35. The molecule has 2 atom stereocenters. The lowest BCUT2D eigenvalue weighted by atomic mass is 10.2. The first-order valence-corrected chi connectivity index (χ1v) is 31.9. The number of hydrogen-bond donors (Lipinski definition) is 9. The minimum atomic E-state index is -1.82. The maximum absolute atomic E-state index is 13.5. The van der Waals surface area contributed by atoms with Gasteiger partial charge in [0, 0.05) is 112 Å². The molecule has 2 aliphatic carbocycles. The molecule has 474 valence electrons. The Bertz CT molecular complexity index is 3770. The summed E-state index contributed by atoms with van der Waals surface area (Å²) >= 11 is 0. The number of anilines is 5. The highest BCUT2D eigenvalue weighted by molar-refractivity contribution is 7.87. The fourth-order valence-corrected chi connectivity index (χ4v) is 15.9. The normalized spacial score (nSPS) is 14.0. The summed E-state index contributed by atoms with van der Waals surface area (Å²) in [6.07, 6.45) is 30.3. The molecule has 0 radical (unpaired) electrons. The molecule has 0 saturated heterocycles. The van der Waals surface area contributed by atoms with Crippen molar-refractivity contribution in [2.45, 2.75) is 63.4 Å². The lowest BCUT2D eigenvalue weighted by Crippen LogP contribution is -2.40. The van der Waals surface area contributed by atoms with Crippen LogP contribution >= 0.6 is 7.26 Å². The molecule has 10 amide bonds. The zero-order valence-corrected chi connectivity index (χ0v) is 52.7. The van der Waals surface area contributed by atoms with E-state index in [0.29, 0.717) is 47.8 Å². The van der Waals surface area contributed by atoms with Crippen LogP contribution < -0.4 is 53.2 Å². The number of imide groups is 1. The van der Waals surface area contributed by atoms with Gasteiger partial charge in [0.2, 0.25) is 23.5 Å². The van der Waals surface area contributed by atoms with E-state index in [2.05, 4.69) is 126 Å². The Morgan fingerprint density at radius 3 is 1.64 bits per heavy atom. The summed E-state index contributed by atoms with van der Waals surface area (Å²) in [5.74, 6) is -3.76. The molecular weight excluding hydrogens is 1170 g/mol. The molecular formula is C64H80N16O9P+. The first kappa shape index (κ1) is 66.1. The Labute approximate surface area is 523 Å². The van der Waals surface area contributed by atoms with E-state index in [1.807, 2.05) is 19.0 Å². The first-order valence-electron chi connectivity index (χ1n) is 29.8. The number of rotatable bonds is 28. The van der Waals surface area contributed by atoms with Crippen LogP contribution in [0.2, 0.25) is 0 Å². The zero-order valence-electron chi connectivity index (χ0n) is 51.9. The van der Waals surface area contributed by atoms with Gasteiger partial charge in [-0.15, -0.1) is 0 Å². The quantitative estimate of drug-likeness (QED) is 0.0183. The van der Waals surface area contributed by atoms with Crippen molar-refractivity contribution < 1.29 is 43.2 Å². The summed E-state index contributed by atoms with van der Waals surface area (Å²) in [6.45, 7) is 1.24. The van der Waals surface area contributed by atoms with Gasteiger partial charge < -0.3 is 70.3 Å². The number of unbranched alkanes of at least 4 members (excludes halogenated alkanes) is 1. The third kappa shape index (κ3) is 17.5. The summed E-state index contributed by atoms with van der Waals surface area (Å²) in [4.78, 5) is 124. The molecule has 6 aromatic rings. The van der Waals surface area contributed by atoms with E-state index in [1.54, 1.807) is 58.4 Å². The average Bonchev–Trinajstić information content (AvgIpc) is 1.23. The molecule has 0 aliphatic heterocycles. The molecule has 8 rings (SSSR count). The fourth-order valence-electron chi connectivity index (χ4n) is 10.9. The van der Waals surface area contributed by atoms with Gasteiger partial charge in [0.05, 0.1) is 46.8 Å². The highest BCUT2D eigenvalue weighted by atomic mass is 31.2. The summed E-state index contributed by atoms with van der Waals surface area (Å²) in [6, 6.07) is 16.1. The summed E-state index contributed by atoms with van der Waals surface area (Å²) in [5, 5.41) is 27.0. The van der Waals surface area contributed by atoms with Gasteiger partial charge in [0.25, 0.3) is 29.5 Å². The Balaban J connectivity index is 0.737. The molecule has 0 spiro atoms. The second-order valence-electron chi connectivity index (χ2n) is 22.5. The van der Waals surface area contributed by atoms with Crippen molar-refractivity contribution in [1.82, 2.24) is 54.0 Å². The number of carbonyl (C=O) groups is 9. The van der Waals surface area contributed by atoms with Crippen LogP contribution in [-0.2, 0) is 49.6 Å². The van der Waals surface area contributed by atoms with Crippen LogP contribution in [0.4, 0.5) is 33.4 Å². The van der Waals surface area contributed by atoms with E-state index in [4.69, 9.17) is 0 Å². The molecule has 9 N–H and O–H groups in total. The maximum Gasteiger partial charge on any atom is 0.321 e. The molecule has 0 bridgehead atoms. The van der Waals surface area contributed by atoms with Gasteiger partial charge in [0.1, 0.15) is 28.4 Å². The van der Waals surface area contributed by atoms with E-state index >= 15 is 0 Å². The molecule has 0 saturated carbocycles. The minimum Gasteiger partial charge on any atom is -0.356 e. The van der Waals surface area contributed by atoms with Gasteiger partial charge in [-0.1, -0.05) is 42.5 Å². The molecule has 26 heteroatoms. The largest absolute Gasteiger partial charge is 0.356 e. The minimum absolute atomic E-state index is 0.0353. The first-order chi connectivity index (χ1) is 43.2. The number of nitrogens with one attached hydrogen (secondary N) is 9. The second-order valence-corrected chi connectivity index (χ2v) is 26.4. The molecule has 5 heterocycles. The molecule has 1 aromatic carbocycles. The van der Waals surface area contributed by atoms with Crippen molar-refractivity contribution >= 4 is 94.4 Å². The SMILES string of the molecule is CN(C)CCCNC(=O)NC(=O)c1cc(NC(=O)c2cc(NC(=O)CCNC(=O)c3nc(NC(=O)c4cc(NC(=O)c5cc(NC(=O)CCNC(=O)CCCC[P+](C6=CCCC=C6)(c6ccccc6)C6C=CC=CC6)cn5C)cn4C)cn3C)cn2C)cn1C. The van der Waals surface area contributed by atoms with Crippen LogP contribution in [0.3, 0.4) is 0 Å². The van der Waals surface area contributed by atoms with Crippen molar-refractivity contribution in [3.05, 3.63) is 162 Å². The van der Waals surface area contributed by atoms with Crippen LogP contribution in [0.25, 0.3) is 0 Å². The number of benzene rings is 1. The van der Waals surface area contributed by atoms with Crippen LogP contribution in [-0.4, -0.2) is 138 Å². The number of carbonyl (C=O) groups excluding carboxylic acids is 9. The summed E-state index contributed by atoms with van der Waals surface area (Å²) in [7, 11) is 10.1. The van der Waals surface area contributed by atoms with Gasteiger partial charge in [-0.2, -0.15) is 0 Å². The van der Waals surface area contributed by atoms with Crippen molar-refractivity contribution in [3.8, 4) is 0 Å². The third-order valence-electron chi connectivity index (χ3n) is 15.3. The topological polar surface area (TPSA) is 303 Å². The Kier molecular flexibility index (Phi) is 22.7.